The zero-order chi connectivity index (χ0) is 12.8. The number of carboxylic acids is 1. The molecule has 0 aromatic heterocycles. The van der Waals surface area contributed by atoms with Gasteiger partial charge in [-0.25, -0.2) is 0 Å². The number of hydrogen-bond acceptors (Lipinski definition) is 2. The lowest BCUT2D eigenvalue weighted by Crippen LogP contribution is -2.39. The molecule has 3 N–H and O–H groups in total. The smallest absolute Gasteiger partial charge is 0.303 e. The Labute approximate surface area is 101 Å². The summed E-state index contributed by atoms with van der Waals surface area (Å²) < 4.78 is 0. The van der Waals surface area contributed by atoms with Crippen molar-refractivity contribution in [1.29, 1.82) is 0 Å². The number of carbonyl (C=O) groups excluding carboxylic acids is 1. The van der Waals surface area contributed by atoms with Crippen LogP contribution in [0.15, 0.2) is 12.2 Å². The highest BCUT2D eigenvalue weighted by Crippen LogP contribution is 2.66. The molecule has 2 bridgehead atoms. The summed E-state index contributed by atoms with van der Waals surface area (Å²) >= 11 is 0. The number of fused-ring (bicyclic) bond motifs is 2. The van der Waals surface area contributed by atoms with E-state index in [0.717, 1.165) is 24.8 Å². The van der Waals surface area contributed by atoms with Gasteiger partial charge in [-0.3, -0.25) is 9.59 Å². The lowest BCUT2D eigenvalue weighted by Gasteiger charge is -2.39. The van der Waals surface area contributed by atoms with E-state index < -0.39 is 11.4 Å². The van der Waals surface area contributed by atoms with E-state index in [-0.39, 0.29) is 17.7 Å². The van der Waals surface area contributed by atoms with Crippen molar-refractivity contribution >= 4 is 11.9 Å². The molecule has 2 rings (SSSR count). The molecular weight excluding hydrogens is 218 g/mol. The van der Waals surface area contributed by atoms with E-state index in [1.807, 2.05) is 6.92 Å². The van der Waals surface area contributed by atoms with Crippen LogP contribution in [0, 0.1) is 16.7 Å². The largest absolute Gasteiger partial charge is 0.481 e. The van der Waals surface area contributed by atoms with Gasteiger partial charge in [0.05, 0.1) is 5.41 Å². The first kappa shape index (κ1) is 12.1. The third kappa shape index (κ3) is 1.50. The number of nitrogens with two attached hydrogens (primary N) is 1. The lowest BCUT2D eigenvalue weighted by molar-refractivity contribution is -0.137. The highest BCUT2D eigenvalue weighted by molar-refractivity contribution is 5.86. The van der Waals surface area contributed by atoms with Gasteiger partial charge < -0.3 is 10.8 Å². The first-order valence-corrected chi connectivity index (χ1v) is 6.04. The molecule has 0 aromatic carbocycles. The molecule has 2 aliphatic carbocycles. The van der Waals surface area contributed by atoms with Gasteiger partial charge in [-0.2, -0.15) is 0 Å². The number of primary amides is 1. The van der Waals surface area contributed by atoms with Crippen molar-refractivity contribution in [3.8, 4) is 0 Å². The molecule has 3 atom stereocenters. The van der Waals surface area contributed by atoms with Crippen molar-refractivity contribution in [2.45, 2.75) is 39.0 Å². The number of carboxylic acid groups (broad SMARTS) is 1. The van der Waals surface area contributed by atoms with Crippen LogP contribution in [0.1, 0.15) is 39.0 Å². The maximum atomic E-state index is 11.7. The molecule has 2 saturated carbocycles. The number of aliphatic carboxylic acids is 1. The Hall–Kier alpha value is -1.32. The fourth-order valence-corrected chi connectivity index (χ4v) is 3.75. The first-order valence-electron chi connectivity index (χ1n) is 6.04. The Morgan fingerprint density at radius 1 is 1.59 bits per heavy atom. The van der Waals surface area contributed by atoms with Gasteiger partial charge >= 0.3 is 5.97 Å². The van der Waals surface area contributed by atoms with Gasteiger partial charge in [0, 0.05) is 6.42 Å². The van der Waals surface area contributed by atoms with Gasteiger partial charge in [0.1, 0.15) is 0 Å². The minimum Gasteiger partial charge on any atom is -0.481 e. The van der Waals surface area contributed by atoms with Crippen molar-refractivity contribution in [3.05, 3.63) is 12.2 Å². The maximum absolute atomic E-state index is 11.7. The summed E-state index contributed by atoms with van der Waals surface area (Å²) in [6, 6.07) is 0. The van der Waals surface area contributed by atoms with Crippen molar-refractivity contribution in [3.63, 3.8) is 0 Å². The van der Waals surface area contributed by atoms with E-state index in [1.54, 1.807) is 0 Å². The van der Waals surface area contributed by atoms with Crippen molar-refractivity contribution in [1.82, 2.24) is 0 Å². The fraction of sp³-hybridized carbons (Fsp3) is 0.692. The normalized spacial score (nSPS) is 39.6. The Bertz CT molecular complexity index is 403. The summed E-state index contributed by atoms with van der Waals surface area (Å²) in [6.45, 7) is 6.10. The standard InChI is InChI=1S/C13H19NO3/c1-8-12(2,5-4-10(15)16)9-3-6-13(8,7-9)11(14)17/h9H,1,3-7H2,2H3,(H2,14,17)(H,15,16)/t9-,12+,13+/m0/s1. The van der Waals surface area contributed by atoms with Crippen LogP contribution in [0.2, 0.25) is 0 Å². The zero-order valence-electron chi connectivity index (χ0n) is 10.2. The quantitative estimate of drug-likeness (QED) is 0.730. The lowest BCUT2D eigenvalue weighted by atomic mass is 9.65. The molecule has 0 spiro atoms. The summed E-state index contributed by atoms with van der Waals surface area (Å²) in [4.78, 5) is 22.4. The van der Waals surface area contributed by atoms with Crippen LogP contribution in [0.3, 0.4) is 0 Å². The molecule has 2 aliphatic rings. The molecule has 0 unspecified atom stereocenters. The first-order chi connectivity index (χ1) is 7.83. The van der Waals surface area contributed by atoms with Crippen molar-refractivity contribution < 1.29 is 14.7 Å². The summed E-state index contributed by atoms with van der Waals surface area (Å²) in [5.74, 6) is -0.721. The average Bonchev–Trinajstić information content (AvgIpc) is 2.77. The van der Waals surface area contributed by atoms with Crippen LogP contribution in [0.5, 0.6) is 0 Å². The SMILES string of the molecule is C=C1[C@@]2(C(N)=O)CC[C@@H](C2)[C@]1(C)CCC(=O)O. The molecule has 0 heterocycles. The molecule has 1 amide bonds. The van der Waals surface area contributed by atoms with Crippen LogP contribution in [0.4, 0.5) is 0 Å². The second-order valence-corrected chi connectivity index (χ2v) is 5.68. The molecule has 0 aromatic rings. The van der Waals surface area contributed by atoms with Crippen molar-refractivity contribution in [2.24, 2.45) is 22.5 Å². The molecule has 17 heavy (non-hydrogen) atoms. The monoisotopic (exact) mass is 237 g/mol. The minimum absolute atomic E-state index is 0.126. The summed E-state index contributed by atoms with van der Waals surface area (Å²) in [6.07, 6.45) is 3.19. The number of rotatable bonds is 4. The summed E-state index contributed by atoms with van der Waals surface area (Å²) in [5.41, 5.74) is 5.60. The van der Waals surface area contributed by atoms with E-state index in [2.05, 4.69) is 6.58 Å². The van der Waals surface area contributed by atoms with Crippen LogP contribution < -0.4 is 5.73 Å². The predicted octanol–water partition coefficient (Wildman–Crippen LogP) is 1.70. The Morgan fingerprint density at radius 3 is 2.71 bits per heavy atom. The van der Waals surface area contributed by atoms with E-state index in [1.165, 1.54) is 0 Å². The van der Waals surface area contributed by atoms with Crippen LogP contribution in [-0.2, 0) is 9.59 Å². The van der Waals surface area contributed by atoms with Gasteiger partial charge in [0.2, 0.25) is 5.91 Å². The molecule has 94 valence electrons. The van der Waals surface area contributed by atoms with Gasteiger partial charge in [-0.15, -0.1) is 0 Å². The average molecular weight is 237 g/mol. The molecule has 4 heteroatoms. The van der Waals surface area contributed by atoms with Gasteiger partial charge in [-0.1, -0.05) is 19.1 Å². The second kappa shape index (κ2) is 3.59. The fourth-order valence-electron chi connectivity index (χ4n) is 3.75. The van der Waals surface area contributed by atoms with E-state index in [0.29, 0.717) is 12.3 Å². The van der Waals surface area contributed by atoms with E-state index in [4.69, 9.17) is 10.8 Å². The molecule has 0 radical (unpaired) electrons. The molecule has 0 aliphatic heterocycles. The zero-order valence-corrected chi connectivity index (χ0v) is 10.2. The number of amides is 1. The Morgan fingerprint density at radius 2 is 2.24 bits per heavy atom. The molecule has 4 nitrogen and oxygen atoms in total. The summed E-state index contributed by atoms with van der Waals surface area (Å²) in [5, 5.41) is 8.80. The van der Waals surface area contributed by atoms with E-state index >= 15 is 0 Å². The summed E-state index contributed by atoms with van der Waals surface area (Å²) in [7, 11) is 0. The topological polar surface area (TPSA) is 80.4 Å². The van der Waals surface area contributed by atoms with E-state index in [9.17, 15) is 9.59 Å². The molecule has 0 saturated heterocycles. The Balaban J connectivity index is 2.25. The Kier molecular flexibility index (Phi) is 2.56. The third-order valence-corrected chi connectivity index (χ3v) is 5.01. The van der Waals surface area contributed by atoms with Crippen molar-refractivity contribution in [2.75, 3.05) is 0 Å². The van der Waals surface area contributed by atoms with Gasteiger partial charge in [0.15, 0.2) is 0 Å². The van der Waals surface area contributed by atoms with Gasteiger partial charge in [-0.05, 0) is 37.0 Å². The number of carbonyl (C=O) groups is 2. The third-order valence-electron chi connectivity index (χ3n) is 5.01. The van der Waals surface area contributed by atoms with Gasteiger partial charge in [0.25, 0.3) is 0 Å². The molecular formula is C13H19NO3. The number of hydrogen-bond donors (Lipinski definition) is 2. The highest BCUT2D eigenvalue weighted by atomic mass is 16.4. The van der Waals surface area contributed by atoms with Crippen LogP contribution in [-0.4, -0.2) is 17.0 Å². The maximum Gasteiger partial charge on any atom is 0.303 e. The predicted molar refractivity (Wildman–Crippen MR) is 63.1 cm³/mol. The highest BCUT2D eigenvalue weighted by Gasteiger charge is 2.61. The minimum atomic E-state index is -0.796. The van der Waals surface area contributed by atoms with Crippen LogP contribution in [0.25, 0.3) is 0 Å². The second-order valence-electron chi connectivity index (χ2n) is 5.68. The molecule has 2 fully saturated rings. The van der Waals surface area contributed by atoms with Crippen LogP contribution >= 0.6 is 0 Å².